The summed E-state index contributed by atoms with van der Waals surface area (Å²) in [7, 11) is 2.15. The van der Waals surface area contributed by atoms with Crippen LogP contribution in [0, 0.1) is 12.3 Å². The normalized spacial score (nSPS) is 20.2. The van der Waals surface area contributed by atoms with Crippen molar-refractivity contribution in [2.45, 2.75) is 32.2 Å². The molecule has 1 saturated heterocycles. The Morgan fingerprint density at radius 1 is 1.47 bits per heavy atom. The average molecular weight is 261 g/mol. The molecule has 104 valence electrons. The SMILES string of the molecule is Cc1ccc(OCC2CCCCN2C)c(C(=N)N)c1. The fourth-order valence-electron chi connectivity index (χ4n) is 2.52. The van der Waals surface area contributed by atoms with Crippen LogP contribution in [0.15, 0.2) is 18.2 Å². The Morgan fingerprint density at radius 2 is 2.26 bits per heavy atom. The molecule has 1 heterocycles. The molecule has 19 heavy (non-hydrogen) atoms. The Labute approximate surface area is 115 Å². The van der Waals surface area contributed by atoms with Crippen LogP contribution in [0.1, 0.15) is 30.4 Å². The quantitative estimate of drug-likeness (QED) is 0.645. The van der Waals surface area contributed by atoms with Gasteiger partial charge in [-0.2, -0.15) is 0 Å². The van der Waals surface area contributed by atoms with E-state index in [1.807, 2.05) is 25.1 Å². The van der Waals surface area contributed by atoms with E-state index in [1.165, 1.54) is 19.3 Å². The van der Waals surface area contributed by atoms with E-state index in [-0.39, 0.29) is 5.84 Å². The van der Waals surface area contributed by atoms with Gasteiger partial charge < -0.3 is 15.4 Å². The maximum Gasteiger partial charge on any atom is 0.130 e. The summed E-state index contributed by atoms with van der Waals surface area (Å²) in [6.07, 6.45) is 3.72. The van der Waals surface area contributed by atoms with Gasteiger partial charge in [0.1, 0.15) is 18.2 Å². The minimum Gasteiger partial charge on any atom is -0.491 e. The molecule has 4 heteroatoms. The lowest BCUT2D eigenvalue weighted by molar-refractivity contribution is 0.125. The number of nitrogens with two attached hydrogens (primary N) is 1. The summed E-state index contributed by atoms with van der Waals surface area (Å²) in [6.45, 7) is 3.80. The van der Waals surface area contributed by atoms with Crippen LogP contribution in [0.2, 0.25) is 0 Å². The Balaban J connectivity index is 2.04. The van der Waals surface area contributed by atoms with Crippen LogP contribution in [0.25, 0.3) is 0 Å². The molecule has 4 nitrogen and oxygen atoms in total. The molecule has 0 spiro atoms. The first kappa shape index (κ1) is 13.9. The summed E-state index contributed by atoms with van der Waals surface area (Å²) in [5, 5.41) is 7.62. The predicted molar refractivity (Wildman–Crippen MR) is 78.0 cm³/mol. The molecule has 2 rings (SSSR count). The van der Waals surface area contributed by atoms with E-state index in [4.69, 9.17) is 15.9 Å². The van der Waals surface area contributed by atoms with Gasteiger partial charge in [0.05, 0.1) is 5.56 Å². The largest absolute Gasteiger partial charge is 0.491 e. The molecule has 1 aromatic carbocycles. The molecule has 0 amide bonds. The number of piperidine rings is 1. The number of rotatable bonds is 4. The van der Waals surface area contributed by atoms with Gasteiger partial charge in [-0.3, -0.25) is 5.41 Å². The number of likely N-dealkylation sites (N-methyl/N-ethyl adjacent to an activating group) is 1. The second-order valence-electron chi connectivity index (χ2n) is 5.35. The lowest BCUT2D eigenvalue weighted by Crippen LogP contribution is -2.40. The van der Waals surface area contributed by atoms with Gasteiger partial charge in [0.2, 0.25) is 0 Å². The molecule has 0 radical (unpaired) electrons. The highest BCUT2D eigenvalue weighted by Crippen LogP contribution is 2.22. The molecule has 0 saturated carbocycles. The standard InChI is InChI=1S/C15H23N3O/c1-11-6-7-14(13(9-11)15(16)17)19-10-12-5-3-4-8-18(12)2/h6-7,9,12H,3-5,8,10H2,1-2H3,(H3,16,17). The first-order valence-corrected chi connectivity index (χ1v) is 6.86. The lowest BCUT2D eigenvalue weighted by Gasteiger charge is -2.32. The van der Waals surface area contributed by atoms with Crippen LogP contribution in [0.3, 0.4) is 0 Å². The van der Waals surface area contributed by atoms with Gasteiger partial charge in [-0.05, 0) is 45.5 Å². The van der Waals surface area contributed by atoms with Gasteiger partial charge >= 0.3 is 0 Å². The number of nitrogens with one attached hydrogen (secondary N) is 1. The zero-order valence-corrected chi connectivity index (χ0v) is 11.8. The summed E-state index contributed by atoms with van der Waals surface area (Å²) >= 11 is 0. The van der Waals surface area contributed by atoms with E-state index >= 15 is 0 Å². The molecule has 0 aromatic heterocycles. The number of ether oxygens (including phenoxy) is 1. The molecule has 1 aliphatic heterocycles. The Bertz CT molecular complexity index is 459. The smallest absolute Gasteiger partial charge is 0.130 e. The molecule has 0 bridgehead atoms. The van der Waals surface area contributed by atoms with Gasteiger partial charge in [0.15, 0.2) is 0 Å². The van der Waals surface area contributed by atoms with Gasteiger partial charge in [0, 0.05) is 6.04 Å². The molecule has 3 N–H and O–H groups in total. The van der Waals surface area contributed by atoms with Gasteiger partial charge in [0.25, 0.3) is 0 Å². The van der Waals surface area contributed by atoms with Gasteiger partial charge in [-0.15, -0.1) is 0 Å². The number of nitrogen functional groups attached to an aromatic ring is 1. The second-order valence-corrected chi connectivity index (χ2v) is 5.35. The summed E-state index contributed by atoms with van der Waals surface area (Å²) < 4.78 is 5.90. The van der Waals surface area contributed by atoms with Crippen LogP contribution < -0.4 is 10.5 Å². The van der Waals surface area contributed by atoms with E-state index in [2.05, 4.69) is 11.9 Å². The molecular weight excluding hydrogens is 238 g/mol. The van der Waals surface area contributed by atoms with Gasteiger partial charge in [-0.1, -0.05) is 18.1 Å². The molecule has 1 atom stereocenters. The van der Waals surface area contributed by atoms with Crippen molar-refractivity contribution in [2.24, 2.45) is 5.73 Å². The number of hydrogen-bond donors (Lipinski definition) is 2. The Hall–Kier alpha value is -1.55. The van der Waals surface area contributed by atoms with E-state index in [1.54, 1.807) is 0 Å². The van der Waals surface area contributed by atoms with Crippen LogP contribution in [0.4, 0.5) is 0 Å². The molecular formula is C15H23N3O. The number of amidine groups is 1. The minimum atomic E-state index is 0.0655. The van der Waals surface area contributed by atoms with Crippen molar-refractivity contribution >= 4 is 5.84 Å². The monoisotopic (exact) mass is 261 g/mol. The minimum absolute atomic E-state index is 0.0655. The summed E-state index contributed by atoms with van der Waals surface area (Å²) in [6, 6.07) is 6.28. The fraction of sp³-hybridized carbons (Fsp3) is 0.533. The topological polar surface area (TPSA) is 62.3 Å². The molecule has 1 aliphatic rings. The molecule has 1 fully saturated rings. The van der Waals surface area contributed by atoms with Crippen molar-refractivity contribution in [1.29, 1.82) is 5.41 Å². The van der Waals surface area contributed by atoms with Crippen molar-refractivity contribution in [1.82, 2.24) is 4.90 Å². The van der Waals surface area contributed by atoms with Crippen LogP contribution in [0.5, 0.6) is 5.75 Å². The second kappa shape index (κ2) is 6.06. The highest BCUT2D eigenvalue weighted by molar-refractivity contribution is 5.97. The molecule has 0 aliphatic carbocycles. The van der Waals surface area contributed by atoms with E-state index in [0.29, 0.717) is 18.2 Å². The van der Waals surface area contributed by atoms with Crippen molar-refractivity contribution in [3.05, 3.63) is 29.3 Å². The zero-order chi connectivity index (χ0) is 13.8. The Kier molecular flexibility index (Phi) is 4.43. The Morgan fingerprint density at radius 3 is 2.95 bits per heavy atom. The van der Waals surface area contributed by atoms with Crippen LogP contribution in [-0.4, -0.2) is 37.0 Å². The first-order chi connectivity index (χ1) is 9.08. The number of nitrogens with zero attached hydrogens (tertiary/aromatic N) is 1. The highest BCUT2D eigenvalue weighted by atomic mass is 16.5. The van der Waals surface area contributed by atoms with E-state index in [9.17, 15) is 0 Å². The third-order valence-electron chi connectivity index (χ3n) is 3.78. The van der Waals surface area contributed by atoms with Gasteiger partial charge in [-0.25, -0.2) is 0 Å². The van der Waals surface area contributed by atoms with Crippen molar-refractivity contribution in [3.63, 3.8) is 0 Å². The maximum absolute atomic E-state index is 7.62. The fourth-order valence-corrected chi connectivity index (χ4v) is 2.52. The summed E-state index contributed by atoms with van der Waals surface area (Å²) in [5.74, 6) is 0.785. The number of hydrogen-bond acceptors (Lipinski definition) is 3. The van der Waals surface area contributed by atoms with Crippen molar-refractivity contribution in [3.8, 4) is 5.75 Å². The number of benzene rings is 1. The van der Waals surface area contributed by atoms with E-state index < -0.39 is 0 Å². The van der Waals surface area contributed by atoms with Crippen molar-refractivity contribution in [2.75, 3.05) is 20.2 Å². The first-order valence-electron chi connectivity index (χ1n) is 6.86. The maximum atomic E-state index is 7.62. The zero-order valence-electron chi connectivity index (χ0n) is 11.8. The molecule has 1 aromatic rings. The highest BCUT2D eigenvalue weighted by Gasteiger charge is 2.20. The summed E-state index contributed by atoms with van der Waals surface area (Å²) in [5.41, 5.74) is 7.40. The third kappa shape index (κ3) is 3.47. The van der Waals surface area contributed by atoms with E-state index in [0.717, 1.165) is 17.9 Å². The number of aryl methyl sites for hydroxylation is 1. The molecule has 1 unspecified atom stereocenters. The van der Waals surface area contributed by atoms with Crippen LogP contribution >= 0.6 is 0 Å². The van der Waals surface area contributed by atoms with Crippen LogP contribution in [-0.2, 0) is 0 Å². The lowest BCUT2D eigenvalue weighted by atomic mass is 10.0. The number of likely N-dealkylation sites (tertiary alicyclic amines) is 1. The average Bonchev–Trinajstić information content (AvgIpc) is 2.38. The summed E-state index contributed by atoms with van der Waals surface area (Å²) in [4.78, 5) is 2.35. The van der Waals surface area contributed by atoms with Crippen molar-refractivity contribution < 1.29 is 4.74 Å². The predicted octanol–water partition coefficient (Wildman–Crippen LogP) is 2.14. The third-order valence-corrected chi connectivity index (χ3v) is 3.78.